The monoisotopic (exact) mass is 406 g/mol. The van der Waals surface area contributed by atoms with Crippen molar-refractivity contribution in [1.29, 1.82) is 0 Å². The Labute approximate surface area is 180 Å². The third kappa shape index (κ3) is 12.8. The van der Waals surface area contributed by atoms with Crippen molar-refractivity contribution < 1.29 is 5.11 Å². The third-order valence-corrected chi connectivity index (χ3v) is 6.79. The van der Waals surface area contributed by atoms with Gasteiger partial charge in [-0.2, -0.15) is 0 Å². The quantitative estimate of drug-likeness (QED) is 0.193. The lowest BCUT2D eigenvalue weighted by Crippen LogP contribution is -1.86. The molecule has 0 saturated carbocycles. The highest BCUT2D eigenvalue weighted by Gasteiger charge is 2.03. The number of hydrogen-bond acceptors (Lipinski definition) is 2. The second kappa shape index (κ2) is 17.2. The predicted octanol–water partition coefficient (Wildman–Crippen LogP) is 9.36. The molecule has 1 nitrogen and oxygen atoms in total. The first-order valence-corrected chi connectivity index (χ1v) is 13.1. The molecule has 1 aromatic rings. The smallest absolute Gasteiger partial charge is 0.121 e. The molecule has 0 aliphatic carbocycles. The Bertz CT molecular complexity index is 474. The molecule has 162 valence electrons. The molecule has 28 heavy (non-hydrogen) atoms. The Balaban J connectivity index is 1.82. The number of phenols is 1. The molecule has 0 bridgehead atoms. The summed E-state index contributed by atoms with van der Waals surface area (Å²) in [6.45, 7) is 6.27. The van der Waals surface area contributed by atoms with Gasteiger partial charge in [0.2, 0.25) is 0 Å². The molecule has 1 N–H and O–H groups in total. The van der Waals surface area contributed by atoms with Gasteiger partial charge in [0.05, 0.1) is 0 Å². The van der Waals surface area contributed by atoms with E-state index in [0.717, 1.165) is 11.1 Å². The van der Waals surface area contributed by atoms with Gasteiger partial charge in [-0.05, 0) is 49.3 Å². The molecule has 0 radical (unpaired) electrons. The summed E-state index contributed by atoms with van der Waals surface area (Å²) in [5.41, 5.74) is 1.99. The zero-order valence-corrected chi connectivity index (χ0v) is 19.8. The number of aryl methyl sites for hydroxylation is 2. The molecule has 0 aliphatic rings. The Morgan fingerprint density at radius 1 is 0.607 bits per heavy atom. The van der Waals surface area contributed by atoms with E-state index in [-0.39, 0.29) is 0 Å². The van der Waals surface area contributed by atoms with Gasteiger partial charge >= 0.3 is 0 Å². The molecule has 0 spiro atoms. The van der Waals surface area contributed by atoms with Crippen LogP contribution in [0.2, 0.25) is 0 Å². The van der Waals surface area contributed by atoms with Gasteiger partial charge in [-0.3, -0.25) is 0 Å². The summed E-state index contributed by atoms with van der Waals surface area (Å²) < 4.78 is 0. The Hall–Kier alpha value is -0.630. The van der Waals surface area contributed by atoms with Gasteiger partial charge in [-0.25, -0.2) is 0 Å². The van der Waals surface area contributed by atoms with E-state index in [9.17, 15) is 5.11 Å². The summed E-state index contributed by atoms with van der Waals surface area (Å²) >= 11 is 1.93. The first-order valence-electron chi connectivity index (χ1n) is 12.1. The van der Waals surface area contributed by atoms with Crippen LogP contribution < -0.4 is 0 Å². The van der Waals surface area contributed by atoms with Crippen LogP contribution in [-0.4, -0.2) is 10.9 Å². The molecule has 0 amide bonds. The largest absolute Gasteiger partial charge is 0.507 e. The molecular weight excluding hydrogens is 360 g/mol. The van der Waals surface area contributed by atoms with Crippen LogP contribution in [0.4, 0.5) is 0 Å². The Morgan fingerprint density at radius 3 is 1.36 bits per heavy atom. The fourth-order valence-corrected chi connectivity index (χ4v) is 4.94. The molecule has 0 heterocycles. The van der Waals surface area contributed by atoms with Crippen LogP contribution in [0.3, 0.4) is 0 Å². The number of thioether (sulfide) groups is 1. The third-order valence-electron chi connectivity index (χ3n) is 5.73. The first kappa shape index (κ1) is 25.4. The average Bonchev–Trinajstić information content (AvgIpc) is 2.68. The molecule has 1 aromatic carbocycles. The van der Waals surface area contributed by atoms with Crippen LogP contribution >= 0.6 is 11.8 Å². The normalized spacial score (nSPS) is 11.2. The highest BCUT2D eigenvalue weighted by molar-refractivity contribution is 7.99. The standard InChI is InChI=1S/C26H46OS/c1-4-5-6-7-8-9-10-11-12-13-14-15-16-17-18-19-20-28-25-21-23(2)26(27)24(3)22-25/h21-22,27H,4-20H2,1-3H3. The zero-order chi connectivity index (χ0) is 20.5. The predicted molar refractivity (Wildman–Crippen MR) is 128 cm³/mol. The van der Waals surface area contributed by atoms with Gasteiger partial charge in [-0.15, -0.1) is 11.8 Å². The molecule has 0 aromatic heterocycles. The molecule has 2 heteroatoms. The number of hydrogen-bond donors (Lipinski definition) is 1. The first-order chi connectivity index (χ1) is 13.6. The van der Waals surface area contributed by atoms with E-state index in [0.29, 0.717) is 5.75 Å². The van der Waals surface area contributed by atoms with Crippen molar-refractivity contribution in [1.82, 2.24) is 0 Å². The van der Waals surface area contributed by atoms with Crippen molar-refractivity contribution in [3.63, 3.8) is 0 Å². The molecule has 0 aliphatic heterocycles. The topological polar surface area (TPSA) is 20.2 Å². The van der Waals surface area contributed by atoms with Gasteiger partial charge in [0.15, 0.2) is 0 Å². The average molecular weight is 407 g/mol. The van der Waals surface area contributed by atoms with Gasteiger partial charge < -0.3 is 5.11 Å². The van der Waals surface area contributed by atoms with Crippen LogP contribution in [0.25, 0.3) is 0 Å². The van der Waals surface area contributed by atoms with Gasteiger partial charge in [0.25, 0.3) is 0 Å². The van der Waals surface area contributed by atoms with Crippen molar-refractivity contribution in [3.05, 3.63) is 23.3 Å². The summed E-state index contributed by atoms with van der Waals surface area (Å²) in [6, 6.07) is 4.22. The summed E-state index contributed by atoms with van der Waals surface area (Å²) in [6.07, 6.45) is 22.8. The van der Waals surface area contributed by atoms with Crippen LogP contribution in [0.5, 0.6) is 5.75 Å². The zero-order valence-electron chi connectivity index (χ0n) is 19.0. The number of phenolic OH excluding ortho intramolecular Hbond substituents is 1. The summed E-state index contributed by atoms with van der Waals surface area (Å²) in [5.74, 6) is 1.65. The molecule has 0 atom stereocenters. The van der Waals surface area contributed by atoms with Gasteiger partial charge in [0.1, 0.15) is 5.75 Å². The highest BCUT2D eigenvalue weighted by atomic mass is 32.2. The van der Waals surface area contributed by atoms with Crippen LogP contribution in [-0.2, 0) is 0 Å². The van der Waals surface area contributed by atoms with Crippen molar-refractivity contribution in [3.8, 4) is 5.75 Å². The maximum atomic E-state index is 9.84. The van der Waals surface area contributed by atoms with Crippen molar-refractivity contribution >= 4 is 11.8 Å². The van der Waals surface area contributed by atoms with Crippen molar-refractivity contribution in [2.24, 2.45) is 0 Å². The molecular formula is C26H46OS. The molecule has 0 saturated heterocycles. The van der Waals surface area contributed by atoms with Gasteiger partial charge in [0, 0.05) is 4.90 Å². The minimum absolute atomic E-state index is 0.451. The number of rotatable bonds is 18. The fourth-order valence-electron chi connectivity index (χ4n) is 3.84. The number of benzene rings is 1. The van der Waals surface area contributed by atoms with E-state index in [2.05, 4.69) is 19.1 Å². The minimum atomic E-state index is 0.451. The lowest BCUT2D eigenvalue weighted by molar-refractivity contribution is 0.466. The van der Waals surface area contributed by atoms with Crippen LogP contribution in [0.15, 0.2) is 17.0 Å². The summed E-state index contributed by atoms with van der Waals surface area (Å²) in [5, 5.41) is 9.84. The highest BCUT2D eigenvalue weighted by Crippen LogP contribution is 2.29. The summed E-state index contributed by atoms with van der Waals surface area (Å²) in [4.78, 5) is 1.30. The van der Waals surface area contributed by atoms with E-state index >= 15 is 0 Å². The van der Waals surface area contributed by atoms with Crippen LogP contribution in [0, 0.1) is 13.8 Å². The van der Waals surface area contributed by atoms with Crippen LogP contribution in [0.1, 0.15) is 121 Å². The lowest BCUT2D eigenvalue weighted by Gasteiger charge is -2.07. The van der Waals surface area contributed by atoms with E-state index in [4.69, 9.17) is 0 Å². The number of aromatic hydroxyl groups is 1. The van der Waals surface area contributed by atoms with Crippen molar-refractivity contribution in [2.45, 2.75) is 128 Å². The van der Waals surface area contributed by atoms with E-state index in [1.807, 2.05) is 25.6 Å². The van der Waals surface area contributed by atoms with Gasteiger partial charge in [-0.1, -0.05) is 103 Å². The SMILES string of the molecule is CCCCCCCCCCCCCCCCCCSc1cc(C)c(O)c(C)c1. The lowest BCUT2D eigenvalue weighted by atomic mass is 10.0. The van der Waals surface area contributed by atoms with E-state index < -0.39 is 0 Å². The minimum Gasteiger partial charge on any atom is -0.507 e. The fraction of sp³-hybridized carbons (Fsp3) is 0.769. The van der Waals surface area contributed by atoms with E-state index in [1.165, 1.54) is 113 Å². The van der Waals surface area contributed by atoms with E-state index in [1.54, 1.807) is 0 Å². The maximum absolute atomic E-state index is 9.84. The second-order valence-electron chi connectivity index (χ2n) is 8.56. The van der Waals surface area contributed by atoms with Crippen molar-refractivity contribution in [2.75, 3.05) is 5.75 Å². The maximum Gasteiger partial charge on any atom is 0.121 e. The number of unbranched alkanes of at least 4 members (excludes halogenated alkanes) is 15. The molecule has 1 rings (SSSR count). The second-order valence-corrected chi connectivity index (χ2v) is 9.73. The summed E-state index contributed by atoms with van der Waals surface area (Å²) in [7, 11) is 0. The Morgan fingerprint density at radius 2 is 0.964 bits per heavy atom. The Kier molecular flexibility index (Phi) is 15.6. The molecule has 0 unspecified atom stereocenters. The molecule has 0 fully saturated rings.